The van der Waals surface area contributed by atoms with Gasteiger partial charge in [0.25, 0.3) is 11.8 Å². The number of carbonyl (C=O) groups is 1. The van der Waals surface area contributed by atoms with Gasteiger partial charge in [-0.1, -0.05) is 12.8 Å². The molecule has 1 saturated heterocycles. The molecule has 6 nitrogen and oxygen atoms in total. The summed E-state index contributed by atoms with van der Waals surface area (Å²) in [4.78, 5) is 23.8. The van der Waals surface area contributed by atoms with Crippen LogP contribution in [0.1, 0.15) is 60.8 Å². The van der Waals surface area contributed by atoms with E-state index < -0.39 is 0 Å². The first kappa shape index (κ1) is 13.8. The second-order valence-electron chi connectivity index (χ2n) is 6.24. The molecule has 3 heterocycles. The van der Waals surface area contributed by atoms with Crippen LogP contribution >= 0.6 is 0 Å². The molecule has 1 aliphatic carbocycles. The Morgan fingerprint density at radius 3 is 2.50 bits per heavy atom. The van der Waals surface area contributed by atoms with Crippen LogP contribution in [0.4, 0.5) is 0 Å². The molecule has 3 aliphatic rings. The van der Waals surface area contributed by atoms with Crippen molar-refractivity contribution in [1.82, 2.24) is 14.9 Å². The van der Waals surface area contributed by atoms with Gasteiger partial charge >= 0.3 is 0 Å². The number of carbonyl (C=O) groups excluding carboxylic acids is 1. The zero-order valence-corrected chi connectivity index (χ0v) is 12.7. The molecule has 1 saturated carbocycles. The number of likely N-dealkylation sites (tertiary alicyclic amines) is 1. The van der Waals surface area contributed by atoms with E-state index in [9.17, 15) is 4.79 Å². The molecule has 0 atom stereocenters. The molecule has 6 heteroatoms. The van der Waals surface area contributed by atoms with Crippen molar-refractivity contribution in [2.75, 3.05) is 26.3 Å². The molecule has 1 aromatic rings. The quantitative estimate of drug-likeness (QED) is 0.837. The Hall–Kier alpha value is -1.85. The minimum Gasteiger partial charge on any atom is -0.483 e. The van der Waals surface area contributed by atoms with Gasteiger partial charge in [-0.25, -0.2) is 4.98 Å². The lowest BCUT2D eigenvalue weighted by atomic mass is 10.1. The minimum absolute atomic E-state index is 0.0408. The van der Waals surface area contributed by atoms with Gasteiger partial charge in [0.15, 0.2) is 5.69 Å². The smallest absolute Gasteiger partial charge is 0.276 e. The van der Waals surface area contributed by atoms with E-state index in [4.69, 9.17) is 9.47 Å². The summed E-state index contributed by atoms with van der Waals surface area (Å²) in [6.07, 6.45) is 6.72. The van der Waals surface area contributed by atoms with Gasteiger partial charge in [-0.3, -0.25) is 4.79 Å². The Balaban J connectivity index is 1.73. The average Bonchev–Trinajstić information content (AvgIpc) is 3.26. The van der Waals surface area contributed by atoms with Crippen LogP contribution in [-0.2, 0) is 0 Å². The molecule has 22 heavy (non-hydrogen) atoms. The fourth-order valence-corrected chi connectivity index (χ4v) is 3.54. The van der Waals surface area contributed by atoms with E-state index in [1.165, 1.54) is 12.8 Å². The van der Waals surface area contributed by atoms with Crippen LogP contribution in [0.2, 0.25) is 0 Å². The monoisotopic (exact) mass is 303 g/mol. The van der Waals surface area contributed by atoms with E-state index in [1.54, 1.807) is 0 Å². The predicted octanol–water partition coefficient (Wildman–Crippen LogP) is 2.14. The Morgan fingerprint density at radius 1 is 1.00 bits per heavy atom. The first-order chi connectivity index (χ1) is 10.8. The Morgan fingerprint density at radius 2 is 1.73 bits per heavy atom. The highest BCUT2D eigenvalue weighted by atomic mass is 16.6. The van der Waals surface area contributed by atoms with E-state index in [0.29, 0.717) is 36.5 Å². The van der Waals surface area contributed by atoms with Crippen molar-refractivity contribution in [2.45, 2.75) is 44.4 Å². The van der Waals surface area contributed by atoms with Gasteiger partial charge in [-0.2, -0.15) is 4.98 Å². The van der Waals surface area contributed by atoms with Crippen molar-refractivity contribution in [1.29, 1.82) is 0 Å². The molecule has 0 spiro atoms. The van der Waals surface area contributed by atoms with Crippen molar-refractivity contribution < 1.29 is 14.3 Å². The third-order valence-electron chi connectivity index (χ3n) is 4.74. The molecule has 118 valence electrons. The molecular formula is C16H21N3O3. The topological polar surface area (TPSA) is 64.5 Å². The summed E-state index contributed by atoms with van der Waals surface area (Å²) < 4.78 is 11.3. The molecule has 1 amide bonds. The highest BCUT2D eigenvalue weighted by molar-refractivity contribution is 5.95. The average molecular weight is 303 g/mol. The van der Waals surface area contributed by atoms with Crippen molar-refractivity contribution in [3.8, 4) is 11.6 Å². The Kier molecular flexibility index (Phi) is 3.60. The van der Waals surface area contributed by atoms with Crippen LogP contribution < -0.4 is 9.47 Å². The highest BCUT2D eigenvalue weighted by Gasteiger charge is 2.31. The van der Waals surface area contributed by atoms with Gasteiger partial charge < -0.3 is 14.4 Å². The molecule has 2 fully saturated rings. The highest BCUT2D eigenvalue weighted by Crippen LogP contribution is 2.37. The molecule has 0 radical (unpaired) electrons. The normalized spacial score (nSPS) is 21.4. The van der Waals surface area contributed by atoms with Gasteiger partial charge in [0.05, 0.1) is 0 Å². The van der Waals surface area contributed by atoms with Crippen molar-refractivity contribution in [2.24, 2.45) is 0 Å². The van der Waals surface area contributed by atoms with Crippen molar-refractivity contribution >= 4 is 5.91 Å². The summed E-state index contributed by atoms with van der Waals surface area (Å²) in [7, 11) is 0. The maximum atomic E-state index is 12.8. The van der Waals surface area contributed by atoms with Gasteiger partial charge in [0, 0.05) is 19.0 Å². The molecule has 2 aliphatic heterocycles. The molecule has 0 aromatic carbocycles. The van der Waals surface area contributed by atoms with E-state index in [2.05, 4.69) is 9.97 Å². The van der Waals surface area contributed by atoms with Crippen LogP contribution in [-0.4, -0.2) is 47.1 Å². The number of rotatable bonds is 2. The fourth-order valence-electron chi connectivity index (χ4n) is 3.54. The zero-order valence-electron chi connectivity index (χ0n) is 12.7. The SMILES string of the molecule is O=C(c1nc(C2CCCC2)nc2c1OCCO2)N1CCCC1. The number of aromatic nitrogens is 2. The van der Waals surface area contributed by atoms with Crippen LogP contribution in [0.25, 0.3) is 0 Å². The lowest BCUT2D eigenvalue weighted by Crippen LogP contribution is -2.31. The number of amides is 1. The fraction of sp³-hybridized carbons (Fsp3) is 0.688. The summed E-state index contributed by atoms with van der Waals surface area (Å²) >= 11 is 0. The summed E-state index contributed by atoms with van der Waals surface area (Å²) in [6, 6.07) is 0. The van der Waals surface area contributed by atoms with Crippen LogP contribution in [0.5, 0.6) is 11.6 Å². The molecular weight excluding hydrogens is 282 g/mol. The van der Waals surface area contributed by atoms with E-state index in [-0.39, 0.29) is 5.91 Å². The Labute approximate surface area is 129 Å². The lowest BCUT2D eigenvalue weighted by molar-refractivity contribution is 0.0772. The van der Waals surface area contributed by atoms with Gasteiger partial charge in [0.1, 0.15) is 19.0 Å². The summed E-state index contributed by atoms with van der Waals surface area (Å²) in [5.41, 5.74) is 0.397. The molecule has 0 unspecified atom stereocenters. The zero-order chi connectivity index (χ0) is 14.9. The van der Waals surface area contributed by atoms with E-state index in [0.717, 1.165) is 44.6 Å². The van der Waals surface area contributed by atoms with Gasteiger partial charge in [-0.15, -0.1) is 0 Å². The third kappa shape index (κ3) is 2.40. The van der Waals surface area contributed by atoms with Crippen LogP contribution in [0.15, 0.2) is 0 Å². The number of nitrogens with zero attached hydrogens (tertiary/aromatic N) is 3. The molecule has 0 bridgehead atoms. The first-order valence-corrected chi connectivity index (χ1v) is 8.30. The molecule has 4 rings (SSSR count). The molecule has 0 N–H and O–H groups in total. The molecule has 1 aromatic heterocycles. The number of ether oxygens (including phenoxy) is 2. The second kappa shape index (κ2) is 5.74. The van der Waals surface area contributed by atoms with E-state index in [1.807, 2.05) is 4.90 Å². The largest absolute Gasteiger partial charge is 0.483 e. The van der Waals surface area contributed by atoms with Gasteiger partial charge in [-0.05, 0) is 25.7 Å². The number of hydrogen-bond donors (Lipinski definition) is 0. The second-order valence-corrected chi connectivity index (χ2v) is 6.24. The van der Waals surface area contributed by atoms with Crippen LogP contribution in [0.3, 0.4) is 0 Å². The maximum Gasteiger partial charge on any atom is 0.276 e. The van der Waals surface area contributed by atoms with Crippen molar-refractivity contribution in [3.63, 3.8) is 0 Å². The third-order valence-corrected chi connectivity index (χ3v) is 4.74. The lowest BCUT2D eigenvalue weighted by Gasteiger charge is -2.23. The van der Waals surface area contributed by atoms with Crippen LogP contribution in [0, 0.1) is 0 Å². The summed E-state index contributed by atoms with van der Waals surface area (Å²) in [5, 5.41) is 0. The van der Waals surface area contributed by atoms with Crippen molar-refractivity contribution in [3.05, 3.63) is 11.5 Å². The maximum absolute atomic E-state index is 12.8. The number of hydrogen-bond acceptors (Lipinski definition) is 5. The predicted molar refractivity (Wildman–Crippen MR) is 79.4 cm³/mol. The first-order valence-electron chi connectivity index (χ1n) is 8.30. The summed E-state index contributed by atoms with van der Waals surface area (Å²) in [6.45, 7) is 2.53. The minimum atomic E-state index is -0.0408. The summed E-state index contributed by atoms with van der Waals surface area (Å²) in [5.74, 6) is 1.95. The van der Waals surface area contributed by atoms with Gasteiger partial charge in [0.2, 0.25) is 5.75 Å². The van der Waals surface area contributed by atoms with E-state index >= 15 is 0 Å². The number of fused-ring (bicyclic) bond motifs is 1. The Bertz CT molecular complexity index is 578. The standard InChI is InChI=1S/C16H21N3O3/c20-16(19-7-3-4-8-19)12-13-15(22-10-9-21-13)18-14(17-12)11-5-1-2-6-11/h11H,1-10H2.